The van der Waals surface area contributed by atoms with Crippen molar-refractivity contribution in [3.05, 3.63) is 52.0 Å². The number of carbonyl (C=O) groups is 1. The molecule has 0 radical (unpaired) electrons. The molecule has 0 spiro atoms. The van der Waals surface area contributed by atoms with E-state index in [2.05, 4.69) is 10.3 Å². The summed E-state index contributed by atoms with van der Waals surface area (Å²) in [6.45, 7) is 0. The first-order chi connectivity index (χ1) is 9.86. The number of nitrogens with one attached hydrogen (secondary N) is 1. The SMILES string of the molecule is O=C(/C=C/c1cc(C(F)(F)F)ccc1Cl)Nc1nccs1. The largest absolute Gasteiger partial charge is 0.416 e. The normalized spacial score (nSPS) is 11.8. The molecule has 1 N–H and O–H groups in total. The van der Waals surface area contributed by atoms with Crippen molar-refractivity contribution in [2.24, 2.45) is 0 Å². The van der Waals surface area contributed by atoms with Crippen molar-refractivity contribution in [3.63, 3.8) is 0 Å². The van der Waals surface area contributed by atoms with Gasteiger partial charge in [0, 0.05) is 22.7 Å². The number of rotatable bonds is 3. The van der Waals surface area contributed by atoms with Gasteiger partial charge in [0.2, 0.25) is 5.91 Å². The van der Waals surface area contributed by atoms with Crippen molar-refractivity contribution < 1.29 is 18.0 Å². The first-order valence-corrected chi connectivity index (χ1v) is 6.87. The summed E-state index contributed by atoms with van der Waals surface area (Å²) in [5.41, 5.74) is -0.715. The lowest BCUT2D eigenvalue weighted by atomic mass is 10.1. The maximum atomic E-state index is 12.6. The fraction of sp³-hybridized carbons (Fsp3) is 0.0769. The third-order valence-electron chi connectivity index (χ3n) is 2.40. The molecular formula is C13H8ClF3N2OS. The van der Waals surface area contributed by atoms with Crippen LogP contribution in [0.1, 0.15) is 11.1 Å². The summed E-state index contributed by atoms with van der Waals surface area (Å²) in [6.07, 6.45) is -0.618. The van der Waals surface area contributed by atoms with Crippen molar-refractivity contribution in [2.75, 3.05) is 5.32 Å². The van der Waals surface area contributed by atoms with Gasteiger partial charge in [0.15, 0.2) is 5.13 Å². The topological polar surface area (TPSA) is 42.0 Å². The zero-order valence-electron chi connectivity index (χ0n) is 10.3. The highest BCUT2D eigenvalue weighted by molar-refractivity contribution is 7.13. The van der Waals surface area contributed by atoms with Crippen molar-refractivity contribution in [2.45, 2.75) is 6.18 Å². The monoisotopic (exact) mass is 332 g/mol. The second kappa shape index (κ2) is 6.28. The number of halogens is 4. The van der Waals surface area contributed by atoms with E-state index in [1.54, 1.807) is 5.38 Å². The van der Waals surface area contributed by atoms with Crippen molar-refractivity contribution in [3.8, 4) is 0 Å². The third kappa shape index (κ3) is 4.30. The fourth-order valence-electron chi connectivity index (χ4n) is 1.45. The average Bonchev–Trinajstić information content (AvgIpc) is 2.89. The molecule has 1 aromatic heterocycles. The van der Waals surface area contributed by atoms with E-state index >= 15 is 0 Å². The van der Waals surface area contributed by atoms with E-state index in [-0.39, 0.29) is 10.6 Å². The lowest BCUT2D eigenvalue weighted by Gasteiger charge is -2.08. The number of thiazole rings is 1. The van der Waals surface area contributed by atoms with Crippen LogP contribution in [0, 0.1) is 0 Å². The molecule has 1 heterocycles. The molecule has 110 valence electrons. The van der Waals surface area contributed by atoms with Gasteiger partial charge < -0.3 is 0 Å². The van der Waals surface area contributed by atoms with Crippen molar-refractivity contribution >= 4 is 40.1 Å². The van der Waals surface area contributed by atoms with Gasteiger partial charge in [-0.2, -0.15) is 13.2 Å². The first kappa shape index (κ1) is 15.5. The lowest BCUT2D eigenvalue weighted by Crippen LogP contribution is -2.07. The van der Waals surface area contributed by atoms with Gasteiger partial charge in [-0.1, -0.05) is 11.6 Å². The Morgan fingerprint density at radius 1 is 1.38 bits per heavy atom. The molecule has 0 saturated heterocycles. The molecule has 2 rings (SSSR count). The average molecular weight is 333 g/mol. The Bertz CT molecular complexity index is 669. The summed E-state index contributed by atoms with van der Waals surface area (Å²) in [6, 6.07) is 2.91. The van der Waals surface area contributed by atoms with Crippen LogP contribution in [0.25, 0.3) is 6.08 Å². The Morgan fingerprint density at radius 2 is 2.14 bits per heavy atom. The number of aromatic nitrogens is 1. The van der Waals surface area contributed by atoms with Gasteiger partial charge >= 0.3 is 6.18 Å². The van der Waals surface area contributed by atoms with E-state index in [9.17, 15) is 18.0 Å². The van der Waals surface area contributed by atoms with Crippen LogP contribution in [0.2, 0.25) is 5.02 Å². The van der Waals surface area contributed by atoms with Crippen LogP contribution in [0.3, 0.4) is 0 Å². The summed E-state index contributed by atoms with van der Waals surface area (Å²) in [5.74, 6) is -0.501. The number of alkyl halides is 3. The van der Waals surface area contributed by atoms with Gasteiger partial charge in [-0.25, -0.2) is 4.98 Å². The molecule has 0 aliphatic heterocycles. The smallest absolute Gasteiger partial charge is 0.298 e. The maximum Gasteiger partial charge on any atom is 0.416 e. The molecule has 3 nitrogen and oxygen atoms in total. The van der Waals surface area contributed by atoms with E-state index in [1.807, 2.05) is 0 Å². The third-order valence-corrected chi connectivity index (χ3v) is 3.43. The first-order valence-electron chi connectivity index (χ1n) is 5.61. The minimum atomic E-state index is -4.46. The van der Waals surface area contributed by atoms with E-state index in [0.717, 1.165) is 24.3 Å². The zero-order chi connectivity index (χ0) is 15.5. The van der Waals surface area contributed by atoms with Crippen LogP contribution in [-0.4, -0.2) is 10.9 Å². The highest BCUT2D eigenvalue weighted by atomic mass is 35.5. The lowest BCUT2D eigenvalue weighted by molar-refractivity contribution is -0.137. The molecule has 8 heteroatoms. The standard InChI is InChI=1S/C13H8ClF3N2OS/c14-10-3-2-9(13(15,16)17)7-8(10)1-4-11(20)19-12-18-5-6-21-12/h1-7H,(H,18,19,20)/b4-1+. The van der Waals surface area contributed by atoms with Gasteiger partial charge in [0.1, 0.15) is 0 Å². The van der Waals surface area contributed by atoms with Crippen LogP contribution in [0.4, 0.5) is 18.3 Å². The van der Waals surface area contributed by atoms with Gasteiger partial charge in [0.25, 0.3) is 0 Å². The minimum absolute atomic E-state index is 0.112. The Hall–Kier alpha value is -1.86. The predicted octanol–water partition coefficient (Wildman–Crippen LogP) is 4.47. The number of amides is 1. The highest BCUT2D eigenvalue weighted by Crippen LogP contribution is 2.32. The van der Waals surface area contributed by atoms with Crippen LogP contribution in [0.15, 0.2) is 35.9 Å². The van der Waals surface area contributed by atoms with E-state index < -0.39 is 17.6 Å². The van der Waals surface area contributed by atoms with Crippen molar-refractivity contribution in [1.82, 2.24) is 4.98 Å². The molecule has 0 unspecified atom stereocenters. The van der Waals surface area contributed by atoms with Gasteiger partial charge in [-0.05, 0) is 29.8 Å². The summed E-state index contributed by atoms with van der Waals surface area (Å²) < 4.78 is 37.8. The molecule has 21 heavy (non-hydrogen) atoms. The molecular weight excluding hydrogens is 325 g/mol. The number of anilines is 1. The Balaban J connectivity index is 2.15. The number of nitrogens with zero attached hydrogens (tertiary/aromatic N) is 1. The minimum Gasteiger partial charge on any atom is -0.298 e. The number of benzene rings is 1. The molecule has 1 amide bonds. The summed E-state index contributed by atoms with van der Waals surface area (Å²) >= 11 is 7.04. The van der Waals surface area contributed by atoms with Crippen LogP contribution in [-0.2, 0) is 11.0 Å². The molecule has 0 fully saturated rings. The number of carbonyl (C=O) groups excluding carboxylic acids is 1. The van der Waals surface area contributed by atoms with Gasteiger partial charge in [0.05, 0.1) is 5.56 Å². The molecule has 0 aliphatic rings. The second-order valence-electron chi connectivity index (χ2n) is 3.89. The molecule has 0 atom stereocenters. The van der Waals surface area contributed by atoms with Crippen LogP contribution in [0.5, 0.6) is 0 Å². The molecule has 0 aliphatic carbocycles. The van der Waals surface area contributed by atoms with Crippen LogP contribution < -0.4 is 5.32 Å². The Labute approximate surface area is 127 Å². The number of hydrogen-bond acceptors (Lipinski definition) is 3. The quantitative estimate of drug-likeness (QED) is 0.843. The molecule has 0 saturated carbocycles. The predicted molar refractivity (Wildman–Crippen MR) is 76.2 cm³/mol. The number of hydrogen-bond donors (Lipinski definition) is 1. The van der Waals surface area contributed by atoms with Crippen molar-refractivity contribution in [1.29, 1.82) is 0 Å². The molecule has 2 aromatic rings. The van der Waals surface area contributed by atoms with E-state index in [4.69, 9.17) is 11.6 Å². The Kier molecular flexibility index (Phi) is 4.64. The maximum absolute atomic E-state index is 12.6. The van der Waals surface area contributed by atoms with Gasteiger partial charge in [-0.3, -0.25) is 10.1 Å². The highest BCUT2D eigenvalue weighted by Gasteiger charge is 2.30. The second-order valence-corrected chi connectivity index (χ2v) is 5.20. The zero-order valence-corrected chi connectivity index (χ0v) is 11.9. The summed E-state index contributed by atoms with van der Waals surface area (Å²) in [5, 5.41) is 4.69. The molecule has 0 bridgehead atoms. The Morgan fingerprint density at radius 3 is 2.76 bits per heavy atom. The molecule has 1 aromatic carbocycles. The summed E-state index contributed by atoms with van der Waals surface area (Å²) in [4.78, 5) is 15.4. The van der Waals surface area contributed by atoms with Gasteiger partial charge in [-0.15, -0.1) is 11.3 Å². The summed E-state index contributed by atoms with van der Waals surface area (Å²) in [7, 11) is 0. The van der Waals surface area contributed by atoms with E-state index in [1.165, 1.54) is 23.6 Å². The van der Waals surface area contributed by atoms with Crippen LogP contribution >= 0.6 is 22.9 Å². The van der Waals surface area contributed by atoms with E-state index in [0.29, 0.717) is 5.13 Å². The fourth-order valence-corrected chi connectivity index (χ4v) is 2.16.